The summed E-state index contributed by atoms with van der Waals surface area (Å²) in [6.45, 7) is -0.384. The number of ketones is 1. The highest BCUT2D eigenvalue weighted by Crippen LogP contribution is 2.10. The van der Waals surface area contributed by atoms with E-state index in [1.54, 1.807) is 24.3 Å². The van der Waals surface area contributed by atoms with Crippen LogP contribution in [0.25, 0.3) is 0 Å². The number of nitrogens with one attached hydrogen (secondary N) is 1. The minimum Gasteiger partial charge on any atom is -0.457 e. The Bertz CT molecular complexity index is 777. The zero-order valence-corrected chi connectivity index (χ0v) is 14.7. The summed E-state index contributed by atoms with van der Waals surface area (Å²) in [6, 6.07) is 11.9. The second kappa shape index (κ2) is 9.08. The Balaban J connectivity index is 1.71. The standard InChI is InChI=1S/C18H15BrFNO4/c19-14-6-4-12(5-7-14)18(24)21-9-8-17(23)25-11-16(22)13-2-1-3-15(20)10-13/h1-7,10H,8-9,11H2,(H,21,24). The van der Waals surface area contributed by atoms with E-state index < -0.39 is 24.2 Å². The van der Waals surface area contributed by atoms with Crippen molar-refractivity contribution in [3.8, 4) is 0 Å². The lowest BCUT2D eigenvalue weighted by atomic mass is 10.1. The van der Waals surface area contributed by atoms with Crippen LogP contribution in [0, 0.1) is 5.82 Å². The Labute approximate surface area is 152 Å². The van der Waals surface area contributed by atoms with E-state index in [0.29, 0.717) is 5.56 Å². The third-order valence-corrected chi connectivity index (χ3v) is 3.76. The van der Waals surface area contributed by atoms with Crippen LogP contribution in [-0.2, 0) is 9.53 Å². The smallest absolute Gasteiger partial charge is 0.308 e. The summed E-state index contributed by atoms with van der Waals surface area (Å²) in [7, 11) is 0. The third kappa shape index (κ3) is 6.11. The minimum atomic E-state index is -0.624. The number of ether oxygens (including phenoxy) is 1. The Morgan fingerprint density at radius 1 is 1.04 bits per heavy atom. The maximum absolute atomic E-state index is 13.0. The lowest BCUT2D eigenvalue weighted by molar-refractivity contribution is -0.142. The molecule has 2 aromatic rings. The second-order valence-electron chi connectivity index (χ2n) is 5.11. The predicted octanol–water partition coefficient (Wildman–Crippen LogP) is 3.13. The van der Waals surface area contributed by atoms with E-state index in [1.807, 2.05) is 0 Å². The molecule has 0 spiro atoms. The van der Waals surface area contributed by atoms with Gasteiger partial charge < -0.3 is 10.1 Å². The maximum Gasteiger partial charge on any atom is 0.308 e. The first kappa shape index (κ1) is 18.8. The number of rotatable bonds is 7. The summed E-state index contributed by atoms with van der Waals surface area (Å²) >= 11 is 3.27. The molecule has 2 aromatic carbocycles. The normalized spacial score (nSPS) is 10.2. The Morgan fingerprint density at radius 3 is 2.44 bits per heavy atom. The van der Waals surface area contributed by atoms with Crippen molar-refractivity contribution in [3.63, 3.8) is 0 Å². The molecule has 25 heavy (non-hydrogen) atoms. The van der Waals surface area contributed by atoms with Gasteiger partial charge in [-0.25, -0.2) is 4.39 Å². The van der Waals surface area contributed by atoms with Gasteiger partial charge >= 0.3 is 5.97 Å². The first-order valence-electron chi connectivity index (χ1n) is 7.44. The number of amides is 1. The molecule has 2 rings (SSSR count). The van der Waals surface area contributed by atoms with Crippen LogP contribution in [0.5, 0.6) is 0 Å². The summed E-state index contributed by atoms with van der Waals surface area (Å²) in [5, 5.41) is 2.59. The molecular weight excluding hydrogens is 393 g/mol. The molecule has 0 aliphatic rings. The van der Waals surface area contributed by atoms with Gasteiger partial charge in [0.15, 0.2) is 12.4 Å². The fourth-order valence-corrected chi connectivity index (χ4v) is 2.21. The number of hydrogen-bond donors (Lipinski definition) is 1. The molecule has 0 heterocycles. The quantitative estimate of drug-likeness (QED) is 0.565. The summed E-state index contributed by atoms with van der Waals surface area (Å²) in [6.07, 6.45) is -0.0707. The Morgan fingerprint density at radius 2 is 1.76 bits per heavy atom. The van der Waals surface area contributed by atoms with Crippen LogP contribution in [0.1, 0.15) is 27.1 Å². The lowest BCUT2D eigenvalue weighted by Gasteiger charge is -2.06. The molecule has 0 unspecified atom stereocenters. The van der Waals surface area contributed by atoms with Crippen molar-refractivity contribution in [1.29, 1.82) is 0 Å². The van der Waals surface area contributed by atoms with Crippen LogP contribution >= 0.6 is 15.9 Å². The zero-order valence-electron chi connectivity index (χ0n) is 13.1. The van der Waals surface area contributed by atoms with Gasteiger partial charge in [-0.3, -0.25) is 14.4 Å². The minimum absolute atomic E-state index is 0.0707. The zero-order chi connectivity index (χ0) is 18.2. The highest BCUT2D eigenvalue weighted by atomic mass is 79.9. The Kier molecular flexibility index (Phi) is 6.82. The molecule has 0 aliphatic carbocycles. The number of Topliss-reactive ketones (excluding diaryl/α,β-unsaturated/α-hetero) is 1. The molecule has 0 atom stereocenters. The molecule has 0 saturated heterocycles. The first-order chi connectivity index (χ1) is 12.0. The van der Waals surface area contributed by atoms with Crippen molar-refractivity contribution in [2.75, 3.05) is 13.2 Å². The molecule has 0 radical (unpaired) electrons. The maximum atomic E-state index is 13.0. The number of carbonyl (C=O) groups excluding carboxylic acids is 3. The number of halogens is 2. The second-order valence-corrected chi connectivity index (χ2v) is 6.02. The van der Waals surface area contributed by atoms with Crippen molar-refractivity contribution in [2.24, 2.45) is 0 Å². The fourth-order valence-electron chi connectivity index (χ4n) is 1.94. The van der Waals surface area contributed by atoms with E-state index in [2.05, 4.69) is 21.2 Å². The summed E-state index contributed by atoms with van der Waals surface area (Å²) in [5.74, 6) is -1.96. The third-order valence-electron chi connectivity index (χ3n) is 3.23. The van der Waals surface area contributed by atoms with E-state index in [-0.39, 0.29) is 24.4 Å². The van der Waals surface area contributed by atoms with E-state index in [0.717, 1.165) is 10.5 Å². The number of carbonyl (C=O) groups is 3. The van der Waals surface area contributed by atoms with Crippen molar-refractivity contribution in [1.82, 2.24) is 5.32 Å². The molecule has 0 aromatic heterocycles. The number of esters is 1. The topological polar surface area (TPSA) is 72.5 Å². The molecule has 5 nitrogen and oxygen atoms in total. The first-order valence-corrected chi connectivity index (χ1v) is 8.23. The summed E-state index contributed by atoms with van der Waals surface area (Å²) in [5.41, 5.74) is 0.606. The molecular formula is C18H15BrFNO4. The van der Waals surface area contributed by atoms with Gasteiger partial charge in [0, 0.05) is 22.1 Å². The average molecular weight is 408 g/mol. The molecule has 0 saturated carbocycles. The van der Waals surface area contributed by atoms with E-state index in [4.69, 9.17) is 4.74 Å². The largest absolute Gasteiger partial charge is 0.457 e. The van der Waals surface area contributed by atoms with Gasteiger partial charge in [-0.05, 0) is 36.4 Å². The molecule has 7 heteroatoms. The van der Waals surface area contributed by atoms with Crippen molar-refractivity contribution >= 4 is 33.6 Å². The van der Waals surface area contributed by atoms with E-state index in [9.17, 15) is 18.8 Å². The summed E-state index contributed by atoms with van der Waals surface area (Å²) in [4.78, 5) is 35.2. The molecule has 0 fully saturated rings. The van der Waals surface area contributed by atoms with Crippen molar-refractivity contribution < 1.29 is 23.5 Å². The molecule has 0 bridgehead atoms. The molecule has 1 amide bonds. The highest BCUT2D eigenvalue weighted by Gasteiger charge is 2.11. The van der Waals surface area contributed by atoms with Gasteiger partial charge in [0.05, 0.1) is 6.42 Å². The molecule has 0 aliphatic heterocycles. The number of hydrogen-bond acceptors (Lipinski definition) is 4. The monoisotopic (exact) mass is 407 g/mol. The molecule has 1 N–H and O–H groups in total. The van der Waals surface area contributed by atoms with Gasteiger partial charge in [0.2, 0.25) is 0 Å². The van der Waals surface area contributed by atoms with Gasteiger partial charge in [0.25, 0.3) is 5.91 Å². The predicted molar refractivity (Wildman–Crippen MR) is 92.8 cm³/mol. The molecule has 130 valence electrons. The van der Waals surface area contributed by atoms with Crippen molar-refractivity contribution in [2.45, 2.75) is 6.42 Å². The van der Waals surface area contributed by atoms with Gasteiger partial charge in [0.1, 0.15) is 5.82 Å². The Hall–Kier alpha value is -2.54. The van der Waals surface area contributed by atoms with Crippen LogP contribution in [0.15, 0.2) is 53.0 Å². The SMILES string of the molecule is O=C(CCNC(=O)c1ccc(Br)cc1)OCC(=O)c1cccc(F)c1. The number of benzene rings is 2. The van der Waals surface area contributed by atoms with Crippen molar-refractivity contribution in [3.05, 3.63) is 69.9 Å². The van der Waals surface area contributed by atoms with Crippen LogP contribution in [0.4, 0.5) is 4.39 Å². The fraction of sp³-hybridized carbons (Fsp3) is 0.167. The van der Waals surface area contributed by atoms with Gasteiger partial charge in [-0.2, -0.15) is 0 Å². The average Bonchev–Trinajstić information content (AvgIpc) is 2.60. The van der Waals surface area contributed by atoms with Crippen LogP contribution < -0.4 is 5.32 Å². The summed E-state index contributed by atoms with van der Waals surface area (Å²) < 4.78 is 18.7. The van der Waals surface area contributed by atoms with Gasteiger partial charge in [-0.1, -0.05) is 28.1 Å². The van der Waals surface area contributed by atoms with E-state index in [1.165, 1.54) is 18.2 Å². The van der Waals surface area contributed by atoms with Crippen LogP contribution in [0.2, 0.25) is 0 Å². The highest BCUT2D eigenvalue weighted by molar-refractivity contribution is 9.10. The van der Waals surface area contributed by atoms with Gasteiger partial charge in [-0.15, -0.1) is 0 Å². The van der Waals surface area contributed by atoms with E-state index >= 15 is 0 Å². The lowest BCUT2D eigenvalue weighted by Crippen LogP contribution is -2.27. The van der Waals surface area contributed by atoms with Crippen LogP contribution in [0.3, 0.4) is 0 Å². The van der Waals surface area contributed by atoms with Crippen LogP contribution in [-0.4, -0.2) is 30.8 Å².